The normalized spacial score (nSPS) is 23.0. The molecule has 0 unspecified atom stereocenters. The van der Waals surface area contributed by atoms with Gasteiger partial charge in [-0.3, -0.25) is 0 Å². The van der Waals surface area contributed by atoms with E-state index in [0.29, 0.717) is 47.3 Å². The molecule has 4 nitrogen and oxygen atoms in total. The third kappa shape index (κ3) is 13.9. The Balaban J connectivity index is 0.000000179. The van der Waals surface area contributed by atoms with E-state index in [4.69, 9.17) is 17.7 Å². The van der Waals surface area contributed by atoms with Gasteiger partial charge in [-0.25, -0.2) is 0 Å². The van der Waals surface area contributed by atoms with Crippen molar-refractivity contribution >= 4 is 33.3 Å². The molecule has 0 saturated heterocycles. The molecule has 4 saturated carbocycles. The molecule has 11 rings (SSSR count). The van der Waals surface area contributed by atoms with Gasteiger partial charge >= 0.3 is 0 Å². The summed E-state index contributed by atoms with van der Waals surface area (Å²) in [5, 5.41) is 0. The number of para-hydroxylation sites is 4. The Morgan fingerprint density at radius 3 is 0.603 bits per heavy atom. The van der Waals surface area contributed by atoms with E-state index in [1.54, 1.807) is 0 Å². The van der Waals surface area contributed by atoms with E-state index >= 15 is 0 Å². The van der Waals surface area contributed by atoms with Crippen LogP contribution in [0.1, 0.15) is 143 Å². The van der Waals surface area contributed by atoms with E-state index in [9.17, 15) is 0 Å². The first kappa shape index (κ1) is 55.9. The molecule has 0 spiro atoms. The highest BCUT2D eigenvalue weighted by Gasteiger charge is 2.38. The summed E-state index contributed by atoms with van der Waals surface area (Å²) in [4.78, 5) is 0. The molecule has 0 N–H and O–H groups in total. The molecule has 0 amide bonds. The minimum absolute atomic E-state index is 0.599. The Kier molecular flexibility index (Phi) is 16.5. The SMILES string of the molecule is C[Si](C)(C)Oc1ccccc1C1CC(c2ccc(-c3ccc(C4CC(c5ccccc5O[Si](C)(C)C)C4)cc3)cc2)C1.C[Si](C)(C)Oc1ccccc1C1CC(c2ccc(C3CC(c4ccccc4O[Si](C)(C)C)C3)cc2)C1. The molecule has 8 heteroatoms. The fraction of sp³-hybridized carbons (Fsp3) is 0.400. The fourth-order valence-corrected chi connectivity index (χ4v) is 15.9. The number of benzene rings is 7. The molecule has 0 aromatic heterocycles. The van der Waals surface area contributed by atoms with Gasteiger partial charge in [-0.2, -0.15) is 0 Å². The van der Waals surface area contributed by atoms with Crippen molar-refractivity contribution in [3.63, 3.8) is 0 Å². The highest BCUT2D eigenvalue weighted by Crippen LogP contribution is 2.54. The molecule has 0 atom stereocenters. The lowest BCUT2D eigenvalue weighted by Gasteiger charge is -2.39. The predicted octanol–water partition coefficient (Wildman–Crippen LogP) is 20.5. The van der Waals surface area contributed by atoms with E-state index in [-0.39, 0.29) is 0 Å². The Morgan fingerprint density at radius 1 is 0.231 bits per heavy atom. The van der Waals surface area contributed by atoms with Gasteiger partial charge in [-0.1, -0.05) is 146 Å². The van der Waals surface area contributed by atoms with Crippen LogP contribution in [0.3, 0.4) is 0 Å². The van der Waals surface area contributed by atoms with Crippen LogP contribution in [0.5, 0.6) is 23.0 Å². The van der Waals surface area contributed by atoms with Gasteiger partial charge in [0.05, 0.1) is 0 Å². The molecule has 78 heavy (non-hydrogen) atoms. The van der Waals surface area contributed by atoms with Gasteiger partial charge in [0, 0.05) is 0 Å². The number of hydrogen-bond acceptors (Lipinski definition) is 4. The van der Waals surface area contributed by atoms with Crippen molar-refractivity contribution in [3.05, 3.63) is 214 Å². The summed E-state index contributed by atoms with van der Waals surface area (Å²) in [6.45, 7) is 27.1. The Hall–Kier alpha value is -5.39. The van der Waals surface area contributed by atoms with Crippen LogP contribution in [0.15, 0.2) is 170 Å². The number of hydrogen-bond donors (Lipinski definition) is 0. The molecule has 4 aliphatic rings. The summed E-state index contributed by atoms with van der Waals surface area (Å²) in [6, 6.07) is 63.1. The fourth-order valence-electron chi connectivity index (χ4n) is 12.5. The molecule has 4 fully saturated rings. The minimum Gasteiger partial charge on any atom is -0.544 e. The molecule has 0 bridgehead atoms. The summed E-state index contributed by atoms with van der Waals surface area (Å²) in [6.07, 6.45) is 9.73. The van der Waals surface area contributed by atoms with Crippen molar-refractivity contribution in [2.45, 2.75) is 177 Å². The maximum Gasteiger partial charge on any atom is 0.242 e. The van der Waals surface area contributed by atoms with Gasteiger partial charge in [0.1, 0.15) is 23.0 Å². The zero-order valence-corrected chi connectivity index (χ0v) is 53.1. The topological polar surface area (TPSA) is 36.9 Å². The van der Waals surface area contributed by atoms with E-state index in [1.807, 2.05) is 0 Å². The monoisotopic (exact) mass is 1100 g/mol. The average molecular weight is 1110 g/mol. The highest BCUT2D eigenvalue weighted by atomic mass is 28.4. The molecule has 7 aromatic carbocycles. The predicted molar refractivity (Wildman–Crippen MR) is 339 cm³/mol. The first-order valence-corrected chi connectivity index (χ1v) is 43.1. The minimum atomic E-state index is -1.62. The standard InChI is InChI=1S/C38H46O2Si2.C32H42O2Si2/c1-41(2,3)39-37-13-9-7-11-35(37)33-23-31(24-33)29-19-15-27(16-20-29)28-17-21-30(22-18-28)32-25-34(26-32)36-12-8-10-14-38(36)40-42(4,5)6;1-35(2,3)33-31-13-9-7-11-29(31)27-19-25(20-27)23-15-17-24(18-16-23)26-21-28(22-26)30-12-8-10-14-32(30)34-36(4,5)6/h7-22,31-34H,23-26H2,1-6H3;7-18,25-28H,19-22H2,1-6H3. The molecule has 0 heterocycles. The summed E-state index contributed by atoms with van der Waals surface area (Å²) >= 11 is 0. The Bertz CT molecular complexity index is 2890. The average Bonchev–Trinajstić information content (AvgIpc) is 3.35. The van der Waals surface area contributed by atoms with Crippen LogP contribution in [0.4, 0.5) is 0 Å². The van der Waals surface area contributed by atoms with Crippen molar-refractivity contribution in [2.24, 2.45) is 0 Å². The van der Waals surface area contributed by atoms with Crippen molar-refractivity contribution < 1.29 is 17.7 Å². The van der Waals surface area contributed by atoms with Crippen molar-refractivity contribution in [1.29, 1.82) is 0 Å². The quantitative estimate of drug-likeness (QED) is 0.0852. The lowest BCUT2D eigenvalue weighted by atomic mass is 9.66. The third-order valence-corrected chi connectivity index (χ3v) is 20.0. The van der Waals surface area contributed by atoms with Crippen molar-refractivity contribution in [1.82, 2.24) is 0 Å². The van der Waals surface area contributed by atoms with Crippen LogP contribution in [0.2, 0.25) is 78.6 Å². The molecule has 0 radical (unpaired) electrons. The van der Waals surface area contributed by atoms with Gasteiger partial charge in [0.25, 0.3) is 0 Å². The largest absolute Gasteiger partial charge is 0.544 e. The van der Waals surface area contributed by atoms with Gasteiger partial charge in [0.2, 0.25) is 33.3 Å². The van der Waals surface area contributed by atoms with Gasteiger partial charge in [-0.15, -0.1) is 0 Å². The second kappa shape index (κ2) is 23.0. The lowest BCUT2D eigenvalue weighted by Crippen LogP contribution is -2.31. The van der Waals surface area contributed by atoms with Crippen LogP contribution in [0, 0.1) is 0 Å². The smallest absolute Gasteiger partial charge is 0.242 e. The van der Waals surface area contributed by atoms with Crippen LogP contribution in [0.25, 0.3) is 11.1 Å². The van der Waals surface area contributed by atoms with Gasteiger partial charge in [-0.05, 0) is 257 Å². The highest BCUT2D eigenvalue weighted by molar-refractivity contribution is 6.71. The number of rotatable bonds is 17. The van der Waals surface area contributed by atoms with Crippen LogP contribution in [-0.2, 0) is 0 Å². The zero-order valence-electron chi connectivity index (χ0n) is 49.1. The van der Waals surface area contributed by atoms with Crippen LogP contribution >= 0.6 is 0 Å². The molecular formula is C70H88O4Si4. The third-order valence-electron chi connectivity index (χ3n) is 16.6. The molecule has 7 aromatic rings. The summed E-state index contributed by atoms with van der Waals surface area (Å²) in [5.41, 5.74) is 14.2. The van der Waals surface area contributed by atoms with E-state index in [2.05, 4.69) is 248 Å². The second-order valence-corrected chi connectivity index (χ2v) is 45.1. The Morgan fingerprint density at radius 2 is 0.410 bits per heavy atom. The van der Waals surface area contributed by atoms with Crippen LogP contribution < -0.4 is 17.7 Å². The first-order valence-electron chi connectivity index (χ1n) is 29.5. The maximum atomic E-state index is 6.41. The molecule has 4 aliphatic carbocycles. The zero-order chi connectivity index (χ0) is 55.0. The van der Waals surface area contributed by atoms with Crippen molar-refractivity contribution in [2.75, 3.05) is 0 Å². The lowest BCUT2D eigenvalue weighted by molar-refractivity contribution is 0.340. The Labute approximate surface area is 473 Å². The van der Waals surface area contributed by atoms with Gasteiger partial charge in [0.15, 0.2) is 0 Å². The molecular weight excluding hydrogens is 1020 g/mol. The second-order valence-electron chi connectivity index (χ2n) is 27.4. The van der Waals surface area contributed by atoms with E-state index < -0.39 is 33.3 Å². The summed E-state index contributed by atoms with van der Waals surface area (Å²) in [7, 11) is -6.46. The molecule has 0 aliphatic heterocycles. The van der Waals surface area contributed by atoms with E-state index in [0.717, 1.165) is 23.0 Å². The maximum absolute atomic E-state index is 6.41. The summed E-state index contributed by atoms with van der Waals surface area (Å²) in [5.74, 6) is 9.50. The summed E-state index contributed by atoms with van der Waals surface area (Å²) < 4.78 is 25.6. The van der Waals surface area contributed by atoms with Crippen molar-refractivity contribution in [3.8, 4) is 34.1 Å². The molecule has 408 valence electrons. The van der Waals surface area contributed by atoms with Crippen LogP contribution in [-0.4, -0.2) is 33.3 Å². The first-order chi connectivity index (χ1) is 37.1. The van der Waals surface area contributed by atoms with E-state index in [1.165, 1.54) is 107 Å². The van der Waals surface area contributed by atoms with Gasteiger partial charge < -0.3 is 17.7 Å².